The Morgan fingerprint density at radius 3 is 2.77 bits per heavy atom. The molecule has 4 nitrogen and oxygen atoms in total. The molecule has 0 aromatic carbocycles. The van der Waals surface area contributed by atoms with Crippen LogP contribution < -0.4 is 0 Å². The van der Waals surface area contributed by atoms with Gasteiger partial charge in [0.1, 0.15) is 6.07 Å². The number of nitriles is 1. The van der Waals surface area contributed by atoms with E-state index in [1.165, 1.54) is 37.8 Å². The lowest BCUT2D eigenvalue weighted by molar-refractivity contribution is 0.433. The summed E-state index contributed by atoms with van der Waals surface area (Å²) in [5.41, 5.74) is 3.86. The van der Waals surface area contributed by atoms with Gasteiger partial charge in [0.25, 0.3) is 0 Å². The monoisotopic (exact) mass is 292 g/mol. The normalized spacial score (nSPS) is 16.0. The molecule has 0 radical (unpaired) electrons. The fraction of sp³-hybridized carbons (Fsp3) is 0.389. The number of pyridine rings is 1. The second kappa shape index (κ2) is 6.57. The Bertz CT molecular complexity index is 715. The first kappa shape index (κ1) is 14.5. The zero-order chi connectivity index (χ0) is 15.4. The lowest BCUT2D eigenvalue weighted by Gasteiger charge is -2.20. The predicted octanol–water partition coefficient (Wildman–Crippen LogP) is 3.90. The van der Waals surface area contributed by atoms with E-state index in [1.54, 1.807) is 12.4 Å². The third-order valence-corrected chi connectivity index (χ3v) is 4.30. The highest BCUT2D eigenvalue weighted by atomic mass is 15.3. The van der Waals surface area contributed by atoms with Gasteiger partial charge >= 0.3 is 0 Å². The molecule has 0 aliphatic heterocycles. The first-order chi connectivity index (χ1) is 10.8. The minimum Gasteiger partial charge on any atom is -0.275 e. The summed E-state index contributed by atoms with van der Waals surface area (Å²) in [4.78, 5) is 3.99. The molecule has 1 saturated carbocycles. The largest absolute Gasteiger partial charge is 0.275 e. The van der Waals surface area contributed by atoms with Crippen molar-refractivity contribution in [1.29, 1.82) is 5.26 Å². The maximum absolute atomic E-state index is 9.14. The highest BCUT2D eigenvalue weighted by Crippen LogP contribution is 2.34. The van der Waals surface area contributed by atoms with Crippen LogP contribution >= 0.6 is 0 Å². The molecule has 0 saturated heterocycles. The molecule has 0 amide bonds. The zero-order valence-corrected chi connectivity index (χ0v) is 12.9. The van der Waals surface area contributed by atoms with Gasteiger partial charge in [0.15, 0.2) is 0 Å². The van der Waals surface area contributed by atoms with Crippen LogP contribution in [-0.2, 0) is 7.05 Å². The molecule has 0 bridgehead atoms. The van der Waals surface area contributed by atoms with Crippen molar-refractivity contribution in [2.24, 2.45) is 7.05 Å². The number of nitrogens with zero attached hydrogens (tertiary/aromatic N) is 4. The average Bonchev–Trinajstić information content (AvgIpc) is 2.95. The van der Waals surface area contributed by atoms with Gasteiger partial charge in [0.05, 0.1) is 11.3 Å². The van der Waals surface area contributed by atoms with Crippen molar-refractivity contribution < 1.29 is 0 Å². The van der Waals surface area contributed by atoms with E-state index in [-0.39, 0.29) is 0 Å². The van der Waals surface area contributed by atoms with Gasteiger partial charge in [-0.3, -0.25) is 9.67 Å². The van der Waals surface area contributed by atoms with Crippen molar-refractivity contribution >= 4 is 12.2 Å². The Morgan fingerprint density at radius 1 is 1.23 bits per heavy atom. The van der Waals surface area contributed by atoms with Gasteiger partial charge in [-0.05, 0) is 24.5 Å². The van der Waals surface area contributed by atoms with Crippen LogP contribution in [0.3, 0.4) is 0 Å². The standard InChI is InChI=1S/C18H20N4/c1-22-13-16(18(21-22)15-5-3-2-4-6-15)8-7-14-9-10-20-12-17(14)11-19/h7-10,12-13,15H,2-6H2,1H3. The number of hydrogen-bond acceptors (Lipinski definition) is 3. The first-order valence-electron chi connectivity index (χ1n) is 7.83. The van der Waals surface area contributed by atoms with E-state index in [4.69, 9.17) is 5.26 Å². The van der Waals surface area contributed by atoms with Gasteiger partial charge in [0, 0.05) is 37.1 Å². The minimum atomic E-state index is 0.572. The molecule has 112 valence electrons. The maximum Gasteiger partial charge on any atom is 0.101 e. The van der Waals surface area contributed by atoms with E-state index in [9.17, 15) is 0 Å². The third kappa shape index (κ3) is 3.09. The molecule has 2 heterocycles. The Kier molecular flexibility index (Phi) is 4.34. The average molecular weight is 292 g/mol. The van der Waals surface area contributed by atoms with Crippen molar-refractivity contribution in [3.63, 3.8) is 0 Å². The van der Waals surface area contributed by atoms with Crippen LogP contribution in [0.5, 0.6) is 0 Å². The van der Waals surface area contributed by atoms with Crippen LogP contribution in [0.25, 0.3) is 12.2 Å². The molecular weight excluding hydrogens is 272 g/mol. The van der Waals surface area contributed by atoms with E-state index in [0.717, 1.165) is 11.1 Å². The summed E-state index contributed by atoms with van der Waals surface area (Å²) in [6, 6.07) is 4.05. The summed E-state index contributed by atoms with van der Waals surface area (Å²) in [6.07, 6.45) is 15.9. The summed E-state index contributed by atoms with van der Waals surface area (Å²) in [5, 5.41) is 13.8. The first-order valence-corrected chi connectivity index (χ1v) is 7.83. The molecule has 2 aromatic rings. The quantitative estimate of drug-likeness (QED) is 0.862. The van der Waals surface area contributed by atoms with Crippen molar-refractivity contribution in [1.82, 2.24) is 14.8 Å². The molecule has 0 spiro atoms. The summed E-state index contributed by atoms with van der Waals surface area (Å²) in [6.45, 7) is 0. The molecule has 4 heteroatoms. The molecule has 2 aromatic heterocycles. The topological polar surface area (TPSA) is 54.5 Å². The van der Waals surface area contributed by atoms with Gasteiger partial charge in [-0.2, -0.15) is 10.4 Å². The van der Waals surface area contributed by atoms with Crippen molar-refractivity contribution in [2.75, 3.05) is 0 Å². The number of aromatic nitrogens is 3. The maximum atomic E-state index is 9.14. The molecule has 0 N–H and O–H groups in total. The molecule has 22 heavy (non-hydrogen) atoms. The van der Waals surface area contributed by atoms with Crippen LogP contribution in [0.15, 0.2) is 24.7 Å². The Hall–Kier alpha value is -2.41. The van der Waals surface area contributed by atoms with E-state index in [0.29, 0.717) is 11.5 Å². The second-order valence-corrected chi connectivity index (χ2v) is 5.89. The van der Waals surface area contributed by atoms with Crippen LogP contribution in [-0.4, -0.2) is 14.8 Å². The van der Waals surface area contributed by atoms with Crippen LogP contribution in [0.4, 0.5) is 0 Å². The van der Waals surface area contributed by atoms with Crippen LogP contribution in [0.2, 0.25) is 0 Å². The molecular formula is C18H20N4. The molecule has 0 atom stereocenters. The highest BCUT2D eigenvalue weighted by molar-refractivity contribution is 5.73. The van der Waals surface area contributed by atoms with Gasteiger partial charge in [-0.1, -0.05) is 31.4 Å². The SMILES string of the molecule is Cn1cc(C=Cc2ccncc2C#N)c(C2CCCCC2)n1. The van der Waals surface area contributed by atoms with E-state index in [2.05, 4.69) is 28.4 Å². The van der Waals surface area contributed by atoms with Gasteiger partial charge in [0.2, 0.25) is 0 Å². The van der Waals surface area contributed by atoms with Crippen LogP contribution in [0, 0.1) is 11.3 Å². The lowest BCUT2D eigenvalue weighted by Crippen LogP contribution is -2.06. The fourth-order valence-electron chi connectivity index (χ4n) is 3.17. The van der Waals surface area contributed by atoms with Crippen molar-refractivity contribution in [3.05, 3.63) is 47.0 Å². The van der Waals surface area contributed by atoms with Crippen molar-refractivity contribution in [2.45, 2.75) is 38.0 Å². The van der Waals surface area contributed by atoms with Gasteiger partial charge < -0.3 is 0 Å². The van der Waals surface area contributed by atoms with E-state index < -0.39 is 0 Å². The lowest BCUT2D eigenvalue weighted by atomic mass is 9.85. The Morgan fingerprint density at radius 2 is 2.00 bits per heavy atom. The second-order valence-electron chi connectivity index (χ2n) is 5.89. The summed E-state index contributed by atoms with van der Waals surface area (Å²) < 4.78 is 1.89. The summed E-state index contributed by atoms with van der Waals surface area (Å²) in [7, 11) is 1.97. The third-order valence-electron chi connectivity index (χ3n) is 4.30. The zero-order valence-electron chi connectivity index (χ0n) is 12.9. The highest BCUT2D eigenvalue weighted by Gasteiger charge is 2.20. The molecule has 1 fully saturated rings. The van der Waals surface area contributed by atoms with E-state index in [1.807, 2.05) is 23.9 Å². The fourth-order valence-corrected chi connectivity index (χ4v) is 3.17. The molecule has 1 aliphatic rings. The smallest absolute Gasteiger partial charge is 0.101 e. The predicted molar refractivity (Wildman–Crippen MR) is 86.9 cm³/mol. The minimum absolute atomic E-state index is 0.572. The Balaban J connectivity index is 1.89. The van der Waals surface area contributed by atoms with E-state index >= 15 is 0 Å². The summed E-state index contributed by atoms with van der Waals surface area (Å²) >= 11 is 0. The van der Waals surface area contributed by atoms with Gasteiger partial charge in [-0.25, -0.2) is 0 Å². The Labute approximate surface area is 131 Å². The van der Waals surface area contributed by atoms with Crippen molar-refractivity contribution in [3.8, 4) is 6.07 Å². The van der Waals surface area contributed by atoms with Crippen LogP contribution in [0.1, 0.15) is 60.4 Å². The molecule has 3 rings (SSSR count). The van der Waals surface area contributed by atoms with Gasteiger partial charge in [-0.15, -0.1) is 0 Å². The summed E-state index contributed by atoms with van der Waals surface area (Å²) in [5.74, 6) is 0.572. The molecule has 1 aliphatic carbocycles. The number of hydrogen-bond donors (Lipinski definition) is 0. The molecule has 0 unspecified atom stereocenters. The number of rotatable bonds is 3. The number of aryl methyl sites for hydroxylation is 1.